The van der Waals surface area contributed by atoms with Gasteiger partial charge in [0, 0.05) is 19.5 Å². The number of nitrogens with one attached hydrogen (secondary N) is 1. The van der Waals surface area contributed by atoms with Crippen LogP contribution in [0.1, 0.15) is 30.4 Å². The lowest BCUT2D eigenvalue weighted by Gasteiger charge is -2.15. The predicted molar refractivity (Wildman–Crippen MR) is 118 cm³/mol. The Labute approximate surface area is 184 Å². The molecule has 4 rings (SSSR count). The van der Waals surface area contributed by atoms with E-state index in [-0.39, 0.29) is 42.9 Å². The van der Waals surface area contributed by atoms with Crippen LogP contribution in [-0.2, 0) is 9.59 Å². The highest BCUT2D eigenvalue weighted by molar-refractivity contribution is 8.18. The van der Waals surface area contributed by atoms with Gasteiger partial charge in [0.1, 0.15) is 0 Å². The number of carbonyl (C=O) groups excluding carboxylic acids is 3. The highest BCUT2D eigenvalue weighted by Gasteiger charge is 2.34. The molecule has 0 aromatic heterocycles. The predicted octanol–water partition coefficient (Wildman–Crippen LogP) is 3.76. The zero-order chi connectivity index (χ0) is 21.8. The van der Waals surface area contributed by atoms with E-state index in [9.17, 15) is 14.4 Å². The first-order chi connectivity index (χ1) is 15.0. The fourth-order valence-electron chi connectivity index (χ4n) is 3.40. The minimum Gasteiger partial charge on any atom is -0.454 e. The van der Waals surface area contributed by atoms with Crippen LogP contribution in [-0.4, -0.2) is 41.8 Å². The summed E-state index contributed by atoms with van der Waals surface area (Å²) < 4.78 is 10.6. The summed E-state index contributed by atoms with van der Waals surface area (Å²) in [5, 5.41) is 2.46. The Morgan fingerprint density at radius 1 is 1.16 bits per heavy atom. The molecule has 1 unspecified atom stereocenters. The van der Waals surface area contributed by atoms with Gasteiger partial charge in [-0.25, -0.2) is 0 Å². The summed E-state index contributed by atoms with van der Waals surface area (Å²) in [6, 6.07) is 15.1. The van der Waals surface area contributed by atoms with E-state index in [1.165, 1.54) is 0 Å². The summed E-state index contributed by atoms with van der Waals surface area (Å²) in [4.78, 5) is 38.6. The van der Waals surface area contributed by atoms with Crippen LogP contribution in [0.5, 0.6) is 11.5 Å². The van der Waals surface area contributed by atoms with Gasteiger partial charge in [-0.05, 0) is 47.0 Å². The molecule has 0 bridgehead atoms. The fourth-order valence-corrected chi connectivity index (χ4v) is 4.27. The summed E-state index contributed by atoms with van der Waals surface area (Å²) in [6.07, 6.45) is 2.00. The van der Waals surface area contributed by atoms with E-state index in [2.05, 4.69) is 5.32 Å². The number of hydrogen-bond donors (Lipinski definition) is 1. The number of ether oxygens (including phenoxy) is 2. The molecule has 0 aliphatic carbocycles. The standard InChI is InChI=1S/C23H22N2O5S/c1-15(17-5-3-2-4-6-17)11-21(26)24-9-10-25-22(27)20(31-23(25)28)13-16-7-8-18-19(12-16)30-14-29-18/h2-8,12-13,15H,9-11,14H2,1H3,(H,24,26). The second kappa shape index (κ2) is 9.26. The van der Waals surface area contributed by atoms with Crippen molar-refractivity contribution < 1.29 is 23.9 Å². The molecule has 0 spiro atoms. The molecule has 1 fully saturated rings. The number of hydrogen-bond acceptors (Lipinski definition) is 6. The molecule has 2 heterocycles. The molecule has 0 saturated carbocycles. The number of carbonyl (C=O) groups is 3. The van der Waals surface area contributed by atoms with Crippen LogP contribution in [0, 0.1) is 0 Å². The van der Waals surface area contributed by atoms with Crippen molar-refractivity contribution in [2.75, 3.05) is 19.9 Å². The Morgan fingerprint density at radius 3 is 2.74 bits per heavy atom. The van der Waals surface area contributed by atoms with Gasteiger partial charge >= 0.3 is 0 Å². The third-order valence-corrected chi connectivity index (χ3v) is 5.99. The number of fused-ring (bicyclic) bond motifs is 1. The molecule has 2 aliphatic heterocycles. The van der Waals surface area contributed by atoms with Crippen molar-refractivity contribution in [1.29, 1.82) is 0 Å². The van der Waals surface area contributed by atoms with E-state index in [4.69, 9.17) is 9.47 Å². The minimum atomic E-state index is -0.362. The smallest absolute Gasteiger partial charge is 0.293 e. The van der Waals surface area contributed by atoms with E-state index >= 15 is 0 Å². The van der Waals surface area contributed by atoms with Crippen LogP contribution in [0.3, 0.4) is 0 Å². The van der Waals surface area contributed by atoms with E-state index in [1.54, 1.807) is 24.3 Å². The largest absolute Gasteiger partial charge is 0.454 e. The molecule has 31 heavy (non-hydrogen) atoms. The first kappa shape index (κ1) is 21.0. The third-order valence-electron chi connectivity index (χ3n) is 5.09. The lowest BCUT2D eigenvalue weighted by atomic mass is 9.98. The van der Waals surface area contributed by atoms with Gasteiger partial charge in [-0.15, -0.1) is 0 Å². The highest BCUT2D eigenvalue weighted by Crippen LogP contribution is 2.36. The molecule has 1 saturated heterocycles. The van der Waals surface area contributed by atoms with E-state index in [0.29, 0.717) is 22.8 Å². The third kappa shape index (κ3) is 4.91. The van der Waals surface area contributed by atoms with E-state index < -0.39 is 0 Å². The maximum absolute atomic E-state index is 12.6. The molecule has 160 valence electrons. The number of amides is 3. The monoisotopic (exact) mass is 438 g/mol. The molecule has 3 amide bonds. The molecule has 2 aromatic carbocycles. The second-order valence-corrected chi connectivity index (χ2v) is 8.31. The first-order valence-corrected chi connectivity index (χ1v) is 10.8. The lowest BCUT2D eigenvalue weighted by molar-refractivity contribution is -0.124. The molecule has 1 atom stereocenters. The Morgan fingerprint density at radius 2 is 1.94 bits per heavy atom. The normalized spacial score (nSPS) is 17.3. The van der Waals surface area contributed by atoms with Crippen LogP contribution in [0.15, 0.2) is 53.4 Å². The number of benzene rings is 2. The summed E-state index contributed by atoms with van der Waals surface area (Å²) >= 11 is 0.890. The van der Waals surface area contributed by atoms with Crippen LogP contribution < -0.4 is 14.8 Å². The van der Waals surface area contributed by atoms with Gasteiger partial charge < -0.3 is 14.8 Å². The average molecular weight is 439 g/mol. The average Bonchev–Trinajstić information content (AvgIpc) is 3.33. The number of rotatable bonds is 7. The maximum atomic E-state index is 12.6. The van der Waals surface area contributed by atoms with Gasteiger partial charge in [-0.1, -0.05) is 43.3 Å². The highest BCUT2D eigenvalue weighted by atomic mass is 32.2. The second-order valence-electron chi connectivity index (χ2n) is 7.31. The van der Waals surface area contributed by atoms with Crippen LogP contribution in [0.4, 0.5) is 4.79 Å². The molecule has 8 heteroatoms. The lowest BCUT2D eigenvalue weighted by Crippen LogP contribution is -2.37. The molecular formula is C23H22N2O5S. The van der Waals surface area contributed by atoms with E-state index in [1.807, 2.05) is 37.3 Å². The quantitative estimate of drug-likeness (QED) is 0.663. The van der Waals surface area contributed by atoms with Gasteiger partial charge in [-0.3, -0.25) is 19.3 Å². The van der Waals surface area contributed by atoms with E-state index in [0.717, 1.165) is 27.8 Å². The Kier molecular flexibility index (Phi) is 6.27. The molecule has 2 aliphatic rings. The summed E-state index contributed by atoms with van der Waals surface area (Å²) in [5.41, 5.74) is 1.84. The van der Waals surface area contributed by atoms with Gasteiger partial charge in [0.2, 0.25) is 12.7 Å². The molecule has 2 aromatic rings. The van der Waals surface area contributed by atoms with Crippen molar-refractivity contribution in [2.24, 2.45) is 0 Å². The topological polar surface area (TPSA) is 84.9 Å². The maximum Gasteiger partial charge on any atom is 0.293 e. The van der Waals surface area contributed by atoms with Gasteiger partial charge in [0.05, 0.1) is 4.91 Å². The molecular weight excluding hydrogens is 416 g/mol. The van der Waals surface area contributed by atoms with Crippen molar-refractivity contribution in [2.45, 2.75) is 19.3 Å². The number of thioether (sulfide) groups is 1. The number of nitrogens with zero attached hydrogens (tertiary/aromatic N) is 1. The van der Waals surface area contributed by atoms with Crippen LogP contribution in [0.25, 0.3) is 6.08 Å². The summed E-state index contributed by atoms with van der Waals surface area (Å²) in [6.45, 7) is 2.52. The van der Waals surface area contributed by atoms with Gasteiger partial charge in [0.15, 0.2) is 11.5 Å². The van der Waals surface area contributed by atoms with Gasteiger partial charge in [0.25, 0.3) is 11.1 Å². The van der Waals surface area contributed by atoms with Crippen molar-refractivity contribution in [1.82, 2.24) is 10.2 Å². The zero-order valence-corrected chi connectivity index (χ0v) is 17.8. The Hall–Kier alpha value is -3.26. The fraction of sp³-hybridized carbons (Fsp3) is 0.261. The summed E-state index contributed by atoms with van der Waals surface area (Å²) in [7, 11) is 0. The van der Waals surface area contributed by atoms with Gasteiger partial charge in [-0.2, -0.15) is 0 Å². The zero-order valence-electron chi connectivity index (χ0n) is 17.0. The molecule has 0 radical (unpaired) electrons. The van der Waals surface area contributed by atoms with Crippen molar-refractivity contribution >= 4 is 34.9 Å². The van der Waals surface area contributed by atoms with Crippen molar-refractivity contribution in [3.05, 3.63) is 64.6 Å². The number of imide groups is 1. The molecule has 7 nitrogen and oxygen atoms in total. The van der Waals surface area contributed by atoms with Crippen LogP contribution >= 0.6 is 11.8 Å². The Bertz CT molecular complexity index is 1040. The summed E-state index contributed by atoms with van der Waals surface area (Å²) in [5.74, 6) is 0.879. The van der Waals surface area contributed by atoms with Crippen molar-refractivity contribution in [3.63, 3.8) is 0 Å². The van der Waals surface area contributed by atoms with Crippen LogP contribution in [0.2, 0.25) is 0 Å². The SMILES string of the molecule is CC(CC(=O)NCCN1C(=O)SC(=Cc2ccc3c(c2)OCO3)C1=O)c1ccccc1. The van der Waals surface area contributed by atoms with Crippen molar-refractivity contribution in [3.8, 4) is 11.5 Å². The first-order valence-electron chi connectivity index (χ1n) is 9.98. The molecule has 1 N–H and O–H groups in total. The Balaban J connectivity index is 1.30. The minimum absolute atomic E-state index is 0.0862.